The summed E-state index contributed by atoms with van der Waals surface area (Å²) in [7, 11) is 0. The van der Waals surface area contributed by atoms with Gasteiger partial charge in [-0.25, -0.2) is 0 Å². The Morgan fingerprint density at radius 1 is 1.00 bits per heavy atom. The molecule has 0 spiro atoms. The van der Waals surface area contributed by atoms with Crippen molar-refractivity contribution >= 4 is 11.6 Å². The average molecular weight is 497 g/mol. The summed E-state index contributed by atoms with van der Waals surface area (Å²) in [6, 6.07) is 19.6. The fraction of sp³-hybridized carbons (Fsp3) is 0.286. The highest BCUT2D eigenvalue weighted by atomic mass is 16.5. The first-order valence-electron chi connectivity index (χ1n) is 12.5. The Morgan fingerprint density at radius 3 is 2.73 bits per heavy atom. The largest absolute Gasteiger partial charge is 0.489 e. The second-order valence-corrected chi connectivity index (χ2v) is 9.26. The van der Waals surface area contributed by atoms with Gasteiger partial charge in [0.25, 0.3) is 5.91 Å². The van der Waals surface area contributed by atoms with E-state index < -0.39 is 5.54 Å². The molecule has 0 unspecified atom stereocenters. The number of hydrogen-bond acceptors (Lipinski definition) is 7. The van der Waals surface area contributed by atoms with Gasteiger partial charge in [0.15, 0.2) is 11.6 Å². The topological polar surface area (TPSA) is 103 Å². The minimum absolute atomic E-state index is 0.104. The van der Waals surface area contributed by atoms with E-state index in [1.54, 1.807) is 12.4 Å². The van der Waals surface area contributed by atoms with E-state index in [9.17, 15) is 4.79 Å². The Labute approximate surface area is 214 Å². The number of carbonyl (C=O) groups excluding carboxylic acids is 1. The van der Waals surface area contributed by atoms with Crippen molar-refractivity contribution in [2.75, 3.05) is 25.1 Å². The van der Waals surface area contributed by atoms with E-state index in [0.717, 1.165) is 41.3 Å². The van der Waals surface area contributed by atoms with Crippen LogP contribution in [0, 0.1) is 0 Å². The number of aromatic nitrogens is 4. The first-order chi connectivity index (χ1) is 18.2. The molecule has 4 heterocycles. The molecule has 4 aromatic rings. The Balaban J connectivity index is 1.18. The van der Waals surface area contributed by atoms with E-state index in [2.05, 4.69) is 42.5 Å². The van der Waals surface area contributed by atoms with Gasteiger partial charge < -0.3 is 24.7 Å². The third-order valence-electron chi connectivity index (χ3n) is 7.03. The van der Waals surface area contributed by atoms with E-state index in [0.29, 0.717) is 44.2 Å². The van der Waals surface area contributed by atoms with Crippen molar-refractivity contribution in [3.63, 3.8) is 0 Å². The molecule has 2 aromatic heterocycles. The number of nitrogens with zero attached hydrogens (tertiary/aromatic N) is 4. The van der Waals surface area contributed by atoms with Crippen LogP contribution in [0.5, 0.6) is 5.75 Å². The number of nitrogens with one attached hydrogen (secondary N) is 2. The fourth-order valence-corrected chi connectivity index (χ4v) is 5.03. The zero-order valence-corrected chi connectivity index (χ0v) is 20.4. The summed E-state index contributed by atoms with van der Waals surface area (Å²) < 4.78 is 13.5. The molecular formula is C28H28N6O3. The number of ether oxygens (including phenoxy) is 2. The highest BCUT2D eigenvalue weighted by Crippen LogP contribution is 2.33. The van der Waals surface area contributed by atoms with Gasteiger partial charge in [-0.1, -0.05) is 36.4 Å². The van der Waals surface area contributed by atoms with Gasteiger partial charge >= 0.3 is 0 Å². The number of benzene rings is 2. The summed E-state index contributed by atoms with van der Waals surface area (Å²) in [4.78, 5) is 17.5. The SMILES string of the molecule is O=C(NC1(c2ccccc2)CCOCC1)c1cccc(NCc2nnc3n2CCOc2cnccc2-3)c1. The summed E-state index contributed by atoms with van der Waals surface area (Å²) in [5.74, 6) is 2.17. The van der Waals surface area contributed by atoms with Crippen molar-refractivity contribution < 1.29 is 14.3 Å². The zero-order chi connectivity index (χ0) is 25.1. The van der Waals surface area contributed by atoms with Crippen molar-refractivity contribution in [3.05, 3.63) is 90.0 Å². The minimum atomic E-state index is -0.438. The maximum absolute atomic E-state index is 13.4. The first-order valence-corrected chi connectivity index (χ1v) is 12.5. The Bertz CT molecular complexity index is 1400. The van der Waals surface area contributed by atoms with Gasteiger partial charge in [-0.05, 0) is 42.7 Å². The van der Waals surface area contributed by atoms with E-state index in [1.165, 1.54) is 0 Å². The van der Waals surface area contributed by atoms with Crippen LogP contribution in [0.15, 0.2) is 73.1 Å². The van der Waals surface area contributed by atoms with Gasteiger partial charge in [0.1, 0.15) is 12.4 Å². The summed E-state index contributed by atoms with van der Waals surface area (Å²) in [6.07, 6.45) is 4.91. The average Bonchev–Trinajstić information content (AvgIpc) is 3.26. The summed E-state index contributed by atoms with van der Waals surface area (Å²) in [6.45, 7) is 2.85. The lowest BCUT2D eigenvalue weighted by Crippen LogP contribution is -2.49. The first kappa shape index (κ1) is 23.2. The van der Waals surface area contributed by atoms with Crippen LogP contribution in [0.1, 0.15) is 34.6 Å². The van der Waals surface area contributed by atoms with Crippen LogP contribution in [0.2, 0.25) is 0 Å². The molecular weight excluding hydrogens is 468 g/mol. The lowest BCUT2D eigenvalue weighted by atomic mass is 9.82. The van der Waals surface area contributed by atoms with Crippen LogP contribution in [-0.4, -0.2) is 45.5 Å². The zero-order valence-electron chi connectivity index (χ0n) is 20.4. The highest BCUT2D eigenvalue weighted by molar-refractivity contribution is 5.95. The lowest BCUT2D eigenvalue weighted by molar-refractivity contribution is 0.0345. The molecule has 0 atom stereocenters. The highest BCUT2D eigenvalue weighted by Gasteiger charge is 2.36. The van der Waals surface area contributed by atoms with Crippen LogP contribution in [0.25, 0.3) is 11.4 Å². The summed E-state index contributed by atoms with van der Waals surface area (Å²) >= 11 is 0. The van der Waals surface area contributed by atoms with Crippen LogP contribution < -0.4 is 15.4 Å². The maximum atomic E-state index is 13.4. The van der Waals surface area contributed by atoms with Crippen molar-refractivity contribution in [1.82, 2.24) is 25.1 Å². The fourth-order valence-electron chi connectivity index (χ4n) is 5.03. The molecule has 6 rings (SSSR count). The molecule has 2 aliphatic rings. The molecule has 37 heavy (non-hydrogen) atoms. The molecule has 1 fully saturated rings. The van der Waals surface area contributed by atoms with Crippen molar-refractivity contribution in [2.45, 2.75) is 31.5 Å². The van der Waals surface area contributed by atoms with Gasteiger partial charge in [0.2, 0.25) is 0 Å². The third kappa shape index (κ3) is 4.65. The second kappa shape index (κ2) is 10.0. The van der Waals surface area contributed by atoms with E-state index >= 15 is 0 Å². The second-order valence-electron chi connectivity index (χ2n) is 9.26. The maximum Gasteiger partial charge on any atom is 0.252 e. The molecule has 2 N–H and O–H groups in total. The molecule has 0 bridgehead atoms. The predicted octanol–water partition coefficient (Wildman–Crippen LogP) is 3.78. The summed E-state index contributed by atoms with van der Waals surface area (Å²) in [5.41, 5.74) is 2.98. The predicted molar refractivity (Wildman–Crippen MR) is 138 cm³/mol. The molecule has 188 valence electrons. The van der Waals surface area contributed by atoms with Gasteiger partial charge in [-0.3, -0.25) is 9.78 Å². The van der Waals surface area contributed by atoms with Gasteiger partial charge in [-0.15, -0.1) is 10.2 Å². The molecule has 9 heteroatoms. The van der Waals surface area contributed by atoms with Gasteiger partial charge in [0, 0.05) is 30.7 Å². The smallest absolute Gasteiger partial charge is 0.252 e. The number of hydrogen-bond donors (Lipinski definition) is 2. The third-order valence-corrected chi connectivity index (χ3v) is 7.03. The number of fused-ring (bicyclic) bond motifs is 3. The molecule has 1 saturated heterocycles. The number of carbonyl (C=O) groups is 1. The van der Waals surface area contributed by atoms with Gasteiger partial charge in [0.05, 0.1) is 30.4 Å². The minimum Gasteiger partial charge on any atom is -0.489 e. The van der Waals surface area contributed by atoms with Crippen LogP contribution in [-0.2, 0) is 23.4 Å². The van der Waals surface area contributed by atoms with Crippen LogP contribution in [0.3, 0.4) is 0 Å². The molecule has 0 saturated carbocycles. The molecule has 0 aliphatic carbocycles. The van der Waals surface area contributed by atoms with E-state index in [4.69, 9.17) is 9.47 Å². The summed E-state index contributed by atoms with van der Waals surface area (Å²) in [5, 5.41) is 15.6. The number of rotatable bonds is 6. The monoisotopic (exact) mass is 496 g/mol. The van der Waals surface area contributed by atoms with Crippen molar-refractivity contribution in [2.24, 2.45) is 0 Å². The lowest BCUT2D eigenvalue weighted by Gasteiger charge is -2.38. The van der Waals surface area contributed by atoms with Crippen molar-refractivity contribution in [3.8, 4) is 17.1 Å². The van der Waals surface area contributed by atoms with E-state index in [-0.39, 0.29) is 5.91 Å². The van der Waals surface area contributed by atoms with Gasteiger partial charge in [-0.2, -0.15) is 0 Å². The number of amides is 1. The van der Waals surface area contributed by atoms with Crippen molar-refractivity contribution in [1.29, 1.82) is 0 Å². The molecule has 1 amide bonds. The van der Waals surface area contributed by atoms with Crippen LogP contribution in [0.4, 0.5) is 5.69 Å². The number of anilines is 1. The Hall–Kier alpha value is -4.24. The normalized spacial score (nSPS) is 16.0. The Kier molecular flexibility index (Phi) is 6.28. The standard InChI is InChI=1S/C28H28N6O3/c35-27(31-28(10-14-36-15-11-28)21-6-2-1-3-7-21)20-5-4-8-22(17-20)30-19-25-32-33-26-23-9-12-29-18-24(23)37-16-13-34(25)26/h1-9,12,17-18,30H,10-11,13-16,19H2,(H,31,35). The molecule has 2 aliphatic heterocycles. The van der Waals surface area contributed by atoms with E-state index in [1.807, 2.05) is 48.5 Å². The molecule has 9 nitrogen and oxygen atoms in total. The number of pyridine rings is 1. The van der Waals surface area contributed by atoms with Crippen LogP contribution >= 0.6 is 0 Å². The quantitative estimate of drug-likeness (QED) is 0.419. The molecule has 0 radical (unpaired) electrons. The molecule has 2 aromatic carbocycles. The Morgan fingerprint density at radius 2 is 1.86 bits per heavy atom.